The smallest absolute Gasteiger partial charge is 0.152 e. The molecule has 0 spiro atoms. The van der Waals surface area contributed by atoms with E-state index < -0.39 is 0 Å². The van der Waals surface area contributed by atoms with Crippen LogP contribution in [0.25, 0.3) is 16.5 Å². The van der Waals surface area contributed by atoms with E-state index in [9.17, 15) is 0 Å². The summed E-state index contributed by atoms with van der Waals surface area (Å²) in [4.78, 5) is 5.92. The Bertz CT molecular complexity index is 838. The van der Waals surface area contributed by atoms with Gasteiger partial charge in [-0.05, 0) is 28.5 Å². The molecule has 0 amide bonds. The summed E-state index contributed by atoms with van der Waals surface area (Å²) in [7, 11) is 1.98. The van der Waals surface area contributed by atoms with E-state index in [2.05, 4.69) is 60.7 Å². The fourth-order valence-electron chi connectivity index (χ4n) is 2.94. The normalized spacial score (nSPS) is 18.2. The molecule has 0 saturated heterocycles. The minimum Gasteiger partial charge on any atom is -0.405 e. The van der Waals surface area contributed by atoms with Crippen molar-refractivity contribution in [3.63, 3.8) is 0 Å². The predicted octanol–water partition coefficient (Wildman–Crippen LogP) is 4.80. The van der Waals surface area contributed by atoms with Gasteiger partial charge in [0.25, 0.3) is 0 Å². The van der Waals surface area contributed by atoms with Gasteiger partial charge >= 0.3 is 0 Å². The van der Waals surface area contributed by atoms with Gasteiger partial charge in [0.2, 0.25) is 0 Å². The molecule has 2 heteroatoms. The molecule has 0 N–H and O–H groups in total. The van der Waals surface area contributed by atoms with Crippen molar-refractivity contribution in [1.29, 1.82) is 0 Å². The summed E-state index contributed by atoms with van der Waals surface area (Å²) in [6.45, 7) is 0. The largest absolute Gasteiger partial charge is 0.405 e. The SMILES string of the molecule is CN1OC(c2ccccc2)=CC1c1ccc2ccccc2c1. The lowest BCUT2D eigenvalue weighted by molar-refractivity contribution is -0.0663. The monoisotopic (exact) mass is 287 g/mol. The Morgan fingerprint density at radius 3 is 2.36 bits per heavy atom. The van der Waals surface area contributed by atoms with E-state index in [0.717, 1.165) is 11.3 Å². The molecule has 1 unspecified atom stereocenters. The third-order valence-corrected chi connectivity index (χ3v) is 4.12. The van der Waals surface area contributed by atoms with Crippen LogP contribution >= 0.6 is 0 Å². The molecule has 0 radical (unpaired) electrons. The van der Waals surface area contributed by atoms with Crippen LogP contribution in [0.4, 0.5) is 0 Å². The van der Waals surface area contributed by atoms with E-state index in [-0.39, 0.29) is 6.04 Å². The van der Waals surface area contributed by atoms with Gasteiger partial charge in [0.05, 0.1) is 6.04 Å². The molecular formula is C20H17NO. The van der Waals surface area contributed by atoms with Gasteiger partial charge in [-0.2, -0.15) is 0 Å². The maximum Gasteiger partial charge on any atom is 0.152 e. The lowest BCUT2D eigenvalue weighted by Gasteiger charge is -2.18. The van der Waals surface area contributed by atoms with Crippen LogP contribution in [-0.2, 0) is 4.84 Å². The Morgan fingerprint density at radius 2 is 1.55 bits per heavy atom. The van der Waals surface area contributed by atoms with Gasteiger partial charge in [0, 0.05) is 12.6 Å². The van der Waals surface area contributed by atoms with E-state index in [1.165, 1.54) is 16.3 Å². The van der Waals surface area contributed by atoms with Crippen LogP contribution < -0.4 is 0 Å². The number of benzene rings is 3. The molecule has 2 nitrogen and oxygen atoms in total. The maximum absolute atomic E-state index is 5.92. The molecular weight excluding hydrogens is 270 g/mol. The molecule has 0 bridgehead atoms. The second-order valence-corrected chi connectivity index (χ2v) is 5.59. The Balaban J connectivity index is 1.73. The lowest BCUT2D eigenvalue weighted by atomic mass is 10.0. The van der Waals surface area contributed by atoms with E-state index >= 15 is 0 Å². The van der Waals surface area contributed by atoms with E-state index in [1.807, 2.05) is 30.3 Å². The van der Waals surface area contributed by atoms with Crippen LogP contribution in [-0.4, -0.2) is 12.1 Å². The molecule has 0 fully saturated rings. The number of fused-ring (bicyclic) bond motifs is 1. The molecule has 22 heavy (non-hydrogen) atoms. The summed E-state index contributed by atoms with van der Waals surface area (Å²) in [5.74, 6) is 0.918. The molecule has 108 valence electrons. The van der Waals surface area contributed by atoms with E-state index in [0.29, 0.717) is 0 Å². The lowest BCUT2D eigenvalue weighted by Crippen LogP contribution is -2.17. The Kier molecular flexibility index (Phi) is 3.17. The van der Waals surface area contributed by atoms with Gasteiger partial charge in [0.1, 0.15) is 0 Å². The van der Waals surface area contributed by atoms with Gasteiger partial charge in [-0.25, -0.2) is 0 Å². The summed E-state index contributed by atoms with van der Waals surface area (Å²) >= 11 is 0. The first kappa shape index (κ1) is 13.1. The molecule has 3 aromatic rings. The van der Waals surface area contributed by atoms with Crippen molar-refractivity contribution in [2.75, 3.05) is 7.05 Å². The van der Waals surface area contributed by atoms with Crippen molar-refractivity contribution in [1.82, 2.24) is 5.06 Å². The highest BCUT2D eigenvalue weighted by molar-refractivity contribution is 5.83. The Morgan fingerprint density at radius 1 is 0.818 bits per heavy atom. The highest BCUT2D eigenvalue weighted by Crippen LogP contribution is 2.35. The zero-order valence-electron chi connectivity index (χ0n) is 12.4. The number of hydrogen-bond donors (Lipinski definition) is 0. The van der Waals surface area contributed by atoms with Gasteiger partial charge in [-0.15, -0.1) is 5.06 Å². The second kappa shape index (κ2) is 5.32. The molecule has 4 rings (SSSR count). The molecule has 3 aromatic carbocycles. The fraction of sp³-hybridized carbons (Fsp3) is 0.100. The fourth-order valence-corrected chi connectivity index (χ4v) is 2.94. The van der Waals surface area contributed by atoms with E-state index in [4.69, 9.17) is 4.84 Å². The number of hydroxylamine groups is 2. The summed E-state index contributed by atoms with van der Waals surface area (Å²) in [5, 5.41) is 4.43. The minimum atomic E-state index is 0.139. The molecule has 1 aliphatic heterocycles. The van der Waals surface area contributed by atoms with Crippen molar-refractivity contribution in [2.45, 2.75) is 6.04 Å². The zero-order valence-corrected chi connectivity index (χ0v) is 12.4. The van der Waals surface area contributed by atoms with Crippen LogP contribution in [0.15, 0.2) is 78.9 Å². The van der Waals surface area contributed by atoms with Crippen molar-refractivity contribution in [3.8, 4) is 0 Å². The van der Waals surface area contributed by atoms with Crippen LogP contribution in [0.2, 0.25) is 0 Å². The average Bonchev–Trinajstić information content (AvgIpc) is 2.97. The van der Waals surface area contributed by atoms with E-state index in [1.54, 1.807) is 0 Å². The number of likely N-dealkylation sites (N-methyl/N-ethyl adjacent to an activating group) is 1. The number of rotatable bonds is 2. The molecule has 1 heterocycles. The molecule has 1 aliphatic rings. The quantitative estimate of drug-likeness (QED) is 0.671. The van der Waals surface area contributed by atoms with Gasteiger partial charge in [-0.3, -0.25) is 0 Å². The first-order valence-electron chi connectivity index (χ1n) is 7.48. The number of nitrogens with zero attached hydrogens (tertiary/aromatic N) is 1. The Labute approximate surface area is 130 Å². The molecule has 0 aromatic heterocycles. The van der Waals surface area contributed by atoms with Crippen molar-refractivity contribution < 1.29 is 4.84 Å². The first-order chi connectivity index (χ1) is 10.8. The summed E-state index contributed by atoms with van der Waals surface area (Å²) in [5.41, 5.74) is 2.35. The zero-order chi connectivity index (χ0) is 14.9. The van der Waals surface area contributed by atoms with Crippen molar-refractivity contribution in [3.05, 3.63) is 90.0 Å². The minimum absolute atomic E-state index is 0.139. The summed E-state index contributed by atoms with van der Waals surface area (Å²) in [6.07, 6.45) is 2.18. The Hall–Kier alpha value is -2.58. The van der Waals surface area contributed by atoms with Crippen molar-refractivity contribution >= 4 is 16.5 Å². The predicted molar refractivity (Wildman–Crippen MR) is 90.0 cm³/mol. The average molecular weight is 287 g/mol. The summed E-state index contributed by atoms with van der Waals surface area (Å²) < 4.78 is 0. The highest BCUT2D eigenvalue weighted by Gasteiger charge is 2.25. The van der Waals surface area contributed by atoms with Crippen LogP contribution in [0.3, 0.4) is 0 Å². The van der Waals surface area contributed by atoms with Gasteiger partial charge in [0.15, 0.2) is 5.76 Å². The first-order valence-corrected chi connectivity index (χ1v) is 7.48. The third-order valence-electron chi connectivity index (χ3n) is 4.12. The van der Waals surface area contributed by atoms with Crippen LogP contribution in [0, 0.1) is 0 Å². The molecule has 0 saturated carbocycles. The second-order valence-electron chi connectivity index (χ2n) is 5.59. The van der Waals surface area contributed by atoms with Gasteiger partial charge < -0.3 is 4.84 Å². The van der Waals surface area contributed by atoms with Crippen molar-refractivity contribution in [2.24, 2.45) is 0 Å². The third kappa shape index (κ3) is 2.28. The summed E-state index contributed by atoms with van der Waals surface area (Å²) in [6, 6.07) is 25.4. The standard InChI is InChI=1S/C20H17NO/c1-21-19(14-20(22-21)16-8-3-2-4-9-16)18-12-11-15-7-5-6-10-17(15)13-18/h2-14,19H,1H3. The maximum atomic E-state index is 5.92. The topological polar surface area (TPSA) is 12.5 Å². The molecule has 1 atom stereocenters. The number of hydrogen-bond acceptors (Lipinski definition) is 2. The van der Waals surface area contributed by atoms with Crippen LogP contribution in [0.5, 0.6) is 0 Å². The highest BCUT2D eigenvalue weighted by atomic mass is 16.7. The van der Waals surface area contributed by atoms with Crippen LogP contribution in [0.1, 0.15) is 17.2 Å². The molecule has 0 aliphatic carbocycles. The van der Waals surface area contributed by atoms with Gasteiger partial charge in [-0.1, -0.05) is 66.7 Å².